The summed E-state index contributed by atoms with van der Waals surface area (Å²) < 4.78 is 1.14. The minimum atomic E-state index is -0.0961. The van der Waals surface area contributed by atoms with Crippen molar-refractivity contribution >= 4 is 45.5 Å². The number of nitrogens with one attached hydrogen (secondary N) is 1. The lowest BCUT2D eigenvalue weighted by Crippen LogP contribution is -2.11. The predicted octanol–water partition coefficient (Wildman–Crippen LogP) is 3.31. The Bertz CT molecular complexity index is 507. The molecule has 0 aliphatic heterocycles. The van der Waals surface area contributed by atoms with Gasteiger partial charge in [0.25, 0.3) is 5.91 Å². The van der Waals surface area contributed by atoms with Gasteiger partial charge in [0.05, 0.1) is 11.2 Å². The van der Waals surface area contributed by atoms with Crippen LogP contribution in [0.1, 0.15) is 15.4 Å². The molecule has 82 valence electrons. The van der Waals surface area contributed by atoms with Gasteiger partial charge >= 0.3 is 0 Å². The second-order valence-corrected chi connectivity index (χ2v) is 5.33. The summed E-state index contributed by atoms with van der Waals surface area (Å²) >= 11 is 3.58. The molecule has 2 rings (SSSR count). The van der Waals surface area contributed by atoms with E-state index in [1.54, 1.807) is 5.51 Å². The Morgan fingerprint density at radius 3 is 2.62 bits per heavy atom. The molecule has 2 aromatic rings. The molecule has 0 unspecified atom stereocenters. The van der Waals surface area contributed by atoms with Crippen molar-refractivity contribution in [2.75, 3.05) is 5.32 Å². The van der Waals surface area contributed by atoms with Crippen molar-refractivity contribution < 1.29 is 4.79 Å². The van der Waals surface area contributed by atoms with Gasteiger partial charge in [0.15, 0.2) is 0 Å². The number of carbonyl (C=O) groups is 1. The van der Waals surface area contributed by atoms with E-state index in [0.717, 1.165) is 15.0 Å². The lowest BCUT2D eigenvalue weighted by Gasteiger charge is -2.03. The predicted molar refractivity (Wildman–Crippen MR) is 74.0 cm³/mol. The number of hydrogen-bond acceptors (Lipinski definition) is 3. The zero-order valence-electron chi connectivity index (χ0n) is 8.53. The Morgan fingerprint density at radius 1 is 1.38 bits per heavy atom. The Balaban J connectivity index is 2.14. The van der Waals surface area contributed by atoms with E-state index in [1.165, 1.54) is 11.3 Å². The van der Waals surface area contributed by atoms with Crippen LogP contribution in [0.5, 0.6) is 0 Å². The van der Waals surface area contributed by atoms with Crippen molar-refractivity contribution in [2.24, 2.45) is 0 Å². The van der Waals surface area contributed by atoms with Crippen molar-refractivity contribution in [3.05, 3.63) is 43.9 Å². The third-order valence-corrected chi connectivity index (χ3v) is 3.70. The van der Waals surface area contributed by atoms with Crippen LogP contribution in [0, 0.1) is 10.5 Å². The molecule has 0 saturated heterocycles. The average Bonchev–Trinajstić information content (AvgIpc) is 2.68. The molecule has 0 bridgehead atoms. The molecule has 1 aromatic heterocycles. The quantitative estimate of drug-likeness (QED) is 0.850. The Labute approximate surface area is 111 Å². The third kappa shape index (κ3) is 2.59. The van der Waals surface area contributed by atoms with Crippen LogP contribution < -0.4 is 5.32 Å². The van der Waals surface area contributed by atoms with Crippen LogP contribution in [0.4, 0.5) is 5.69 Å². The maximum absolute atomic E-state index is 11.8. The van der Waals surface area contributed by atoms with Gasteiger partial charge in [-0.05, 0) is 53.8 Å². The number of aromatic nitrogens is 1. The van der Waals surface area contributed by atoms with Crippen LogP contribution in [-0.4, -0.2) is 10.9 Å². The molecular weight excluding hydrogens is 335 g/mol. The molecule has 0 spiro atoms. The summed E-state index contributed by atoms with van der Waals surface area (Å²) in [5.74, 6) is -0.0961. The van der Waals surface area contributed by atoms with Crippen LogP contribution in [0.25, 0.3) is 0 Å². The summed E-state index contributed by atoms with van der Waals surface area (Å²) in [6, 6.07) is 7.68. The van der Waals surface area contributed by atoms with Gasteiger partial charge in [0.2, 0.25) is 0 Å². The summed E-state index contributed by atoms with van der Waals surface area (Å²) in [4.78, 5) is 16.6. The molecule has 0 fully saturated rings. The van der Waals surface area contributed by atoms with Gasteiger partial charge in [-0.1, -0.05) is 0 Å². The average molecular weight is 344 g/mol. The minimum absolute atomic E-state index is 0.0961. The molecule has 1 heterocycles. The summed E-state index contributed by atoms with van der Waals surface area (Å²) in [6.07, 6.45) is 0. The van der Waals surface area contributed by atoms with Gasteiger partial charge in [-0.2, -0.15) is 0 Å². The number of aryl methyl sites for hydroxylation is 1. The van der Waals surface area contributed by atoms with Crippen LogP contribution in [0.3, 0.4) is 0 Å². The van der Waals surface area contributed by atoms with Crippen LogP contribution >= 0.6 is 33.9 Å². The highest BCUT2D eigenvalue weighted by atomic mass is 127. The SMILES string of the molecule is Cc1ncsc1C(=O)Nc1ccc(I)cc1. The molecule has 0 saturated carbocycles. The maximum Gasteiger partial charge on any atom is 0.267 e. The first-order valence-electron chi connectivity index (χ1n) is 4.64. The standard InChI is InChI=1S/C11H9IN2OS/c1-7-10(16-6-13-7)11(15)14-9-4-2-8(12)3-5-9/h2-6H,1H3,(H,14,15). The number of hydrogen-bond donors (Lipinski definition) is 1. The third-order valence-electron chi connectivity index (χ3n) is 2.05. The summed E-state index contributed by atoms with van der Waals surface area (Å²) in [5.41, 5.74) is 3.25. The monoisotopic (exact) mass is 344 g/mol. The van der Waals surface area contributed by atoms with Crippen LogP contribution in [0.15, 0.2) is 29.8 Å². The van der Waals surface area contributed by atoms with E-state index < -0.39 is 0 Å². The first kappa shape index (κ1) is 11.5. The zero-order chi connectivity index (χ0) is 11.5. The van der Waals surface area contributed by atoms with Gasteiger partial charge < -0.3 is 5.32 Å². The molecule has 16 heavy (non-hydrogen) atoms. The van der Waals surface area contributed by atoms with Gasteiger partial charge in [-0.25, -0.2) is 4.98 Å². The lowest BCUT2D eigenvalue weighted by molar-refractivity contribution is 0.103. The number of amides is 1. The molecule has 0 aliphatic carbocycles. The fraction of sp³-hybridized carbons (Fsp3) is 0.0909. The number of carbonyl (C=O) groups excluding carboxylic acids is 1. The number of thiazole rings is 1. The molecular formula is C11H9IN2OS. The molecule has 1 N–H and O–H groups in total. The van der Waals surface area contributed by atoms with E-state index in [-0.39, 0.29) is 5.91 Å². The highest BCUT2D eigenvalue weighted by Gasteiger charge is 2.11. The first-order valence-corrected chi connectivity index (χ1v) is 6.59. The molecule has 1 amide bonds. The van der Waals surface area contributed by atoms with Crippen molar-refractivity contribution in [1.82, 2.24) is 4.98 Å². The summed E-state index contributed by atoms with van der Waals surface area (Å²) in [5, 5.41) is 2.84. The fourth-order valence-corrected chi connectivity index (χ4v) is 2.30. The summed E-state index contributed by atoms with van der Waals surface area (Å²) in [7, 11) is 0. The van der Waals surface area contributed by atoms with Crippen molar-refractivity contribution in [3.63, 3.8) is 0 Å². The van der Waals surface area contributed by atoms with Crippen molar-refractivity contribution in [3.8, 4) is 0 Å². The Kier molecular flexibility index (Phi) is 3.55. The molecule has 3 nitrogen and oxygen atoms in total. The van der Waals surface area contributed by atoms with E-state index in [1.807, 2.05) is 31.2 Å². The first-order chi connectivity index (χ1) is 7.66. The number of nitrogens with zero attached hydrogens (tertiary/aromatic N) is 1. The van der Waals surface area contributed by atoms with Gasteiger partial charge in [-0.15, -0.1) is 11.3 Å². The van der Waals surface area contributed by atoms with Crippen molar-refractivity contribution in [1.29, 1.82) is 0 Å². The van der Waals surface area contributed by atoms with E-state index in [4.69, 9.17) is 0 Å². The van der Waals surface area contributed by atoms with Crippen LogP contribution in [-0.2, 0) is 0 Å². The molecule has 0 atom stereocenters. The molecule has 0 radical (unpaired) electrons. The smallest absolute Gasteiger partial charge is 0.267 e. The van der Waals surface area contributed by atoms with Crippen LogP contribution in [0.2, 0.25) is 0 Å². The molecule has 5 heteroatoms. The molecule has 1 aromatic carbocycles. The van der Waals surface area contributed by atoms with Crippen molar-refractivity contribution in [2.45, 2.75) is 6.92 Å². The zero-order valence-corrected chi connectivity index (χ0v) is 11.5. The second kappa shape index (κ2) is 4.92. The van der Waals surface area contributed by atoms with Gasteiger partial charge in [-0.3, -0.25) is 4.79 Å². The lowest BCUT2D eigenvalue weighted by atomic mass is 10.3. The number of benzene rings is 1. The van der Waals surface area contributed by atoms with Gasteiger partial charge in [0, 0.05) is 9.26 Å². The normalized spacial score (nSPS) is 10.1. The van der Waals surface area contributed by atoms with E-state index in [9.17, 15) is 4.79 Å². The maximum atomic E-state index is 11.8. The summed E-state index contributed by atoms with van der Waals surface area (Å²) in [6.45, 7) is 1.83. The minimum Gasteiger partial charge on any atom is -0.321 e. The van der Waals surface area contributed by atoms with Gasteiger partial charge in [0.1, 0.15) is 4.88 Å². The van der Waals surface area contributed by atoms with E-state index >= 15 is 0 Å². The Morgan fingerprint density at radius 2 is 2.06 bits per heavy atom. The topological polar surface area (TPSA) is 42.0 Å². The number of rotatable bonds is 2. The highest BCUT2D eigenvalue weighted by molar-refractivity contribution is 14.1. The fourth-order valence-electron chi connectivity index (χ4n) is 1.24. The number of halogens is 1. The van der Waals surface area contributed by atoms with E-state index in [2.05, 4.69) is 32.9 Å². The Hall–Kier alpha value is -0.950. The largest absolute Gasteiger partial charge is 0.321 e. The highest BCUT2D eigenvalue weighted by Crippen LogP contribution is 2.16. The second-order valence-electron chi connectivity index (χ2n) is 3.23. The number of anilines is 1. The van der Waals surface area contributed by atoms with E-state index in [0.29, 0.717) is 4.88 Å². The molecule has 0 aliphatic rings.